The van der Waals surface area contributed by atoms with Crippen molar-refractivity contribution in [1.29, 1.82) is 0 Å². The van der Waals surface area contributed by atoms with Crippen LogP contribution in [0.25, 0.3) is 0 Å². The molecule has 0 saturated heterocycles. The molecule has 0 heterocycles. The van der Waals surface area contributed by atoms with Gasteiger partial charge < -0.3 is 15.9 Å². The van der Waals surface area contributed by atoms with Gasteiger partial charge in [-0.25, -0.2) is 0 Å². The summed E-state index contributed by atoms with van der Waals surface area (Å²) in [6.45, 7) is 0. The van der Waals surface area contributed by atoms with E-state index in [1.54, 1.807) is 12.1 Å². The average molecular weight is 230 g/mol. The fourth-order valence-electron chi connectivity index (χ4n) is 1.87. The zero-order chi connectivity index (χ0) is 10.1. The molecule has 15 heavy (non-hydrogen) atoms. The summed E-state index contributed by atoms with van der Waals surface area (Å²) in [5, 5.41) is 18.9. The molecule has 1 aromatic rings. The SMILES string of the molecule is Cl.N[C@H](c1cccc(O)c1O)C1CCC1. The van der Waals surface area contributed by atoms with Crippen LogP contribution in [0.1, 0.15) is 30.9 Å². The Morgan fingerprint density at radius 2 is 1.93 bits per heavy atom. The van der Waals surface area contributed by atoms with E-state index in [0.29, 0.717) is 11.5 Å². The first-order valence-electron chi connectivity index (χ1n) is 4.96. The molecule has 0 aliphatic heterocycles. The summed E-state index contributed by atoms with van der Waals surface area (Å²) < 4.78 is 0. The van der Waals surface area contributed by atoms with E-state index in [-0.39, 0.29) is 29.9 Å². The van der Waals surface area contributed by atoms with Crippen LogP contribution < -0.4 is 5.73 Å². The highest BCUT2D eigenvalue weighted by Crippen LogP contribution is 2.41. The van der Waals surface area contributed by atoms with E-state index in [2.05, 4.69) is 0 Å². The van der Waals surface area contributed by atoms with E-state index < -0.39 is 0 Å². The lowest BCUT2D eigenvalue weighted by molar-refractivity contribution is 0.259. The van der Waals surface area contributed by atoms with Crippen LogP contribution in [0.5, 0.6) is 11.5 Å². The number of para-hydroxylation sites is 1. The predicted octanol–water partition coefficient (Wildman–Crippen LogP) is 2.32. The Balaban J connectivity index is 0.00000112. The summed E-state index contributed by atoms with van der Waals surface area (Å²) in [4.78, 5) is 0. The minimum atomic E-state index is -0.143. The van der Waals surface area contributed by atoms with Gasteiger partial charge in [0, 0.05) is 11.6 Å². The zero-order valence-electron chi connectivity index (χ0n) is 8.39. The molecule has 1 atom stereocenters. The van der Waals surface area contributed by atoms with Gasteiger partial charge in [0.25, 0.3) is 0 Å². The van der Waals surface area contributed by atoms with E-state index in [0.717, 1.165) is 12.8 Å². The molecule has 84 valence electrons. The number of benzene rings is 1. The largest absolute Gasteiger partial charge is 0.504 e. The van der Waals surface area contributed by atoms with E-state index in [1.165, 1.54) is 12.5 Å². The van der Waals surface area contributed by atoms with Crippen LogP contribution in [-0.2, 0) is 0 Å². The van der Waals surface area contributed by atoms with E-state index in [1.807, 2.05) is 0 Å². The van der Waals surface area contributed by atoms with Gasteiger partial charge in [-0.15, -0.1) is 12.4 Å². The number of hydrogen-bond acceptors (Lipinski definition) is 3. The normalized spacial score (nSPS) is 17.7. The number of nitrogens with two attached hydrogens (primary N) is 1. The van der Waals surface area contributed by atoms with Gasteiger partial charge >= 0.3 is 0 Å². The Kier molecular flexibility index (Phi) is 3.83. The van der Waals surface area contributed by atoms with Gasteiger partial charge in [0.15, 0.2) is 11.5 Å². The van der Waals surface area contributed by atoms with Crippen molar-refractivity contribution in [3.05, 3.63) is 23.8 Å². The maximum atomic E-state index is 9.61. The molecule has 1 saturated carbocycles. The van der Waals surface area contributed by atoms with Crippen molar-refractivity contribution < 1.29 is 10.2 Å². The number of halogens is 1. The topological polar surface area (TPSA) is 66.5 Å². The molecule has 0 radical (unpaired) electrons. The highest BCUT2D eigenvalue weighted by molar-refractivity contribution is 5.85. The second-order valence-corrected chi connectivity index (χ2v) is 3.93. The van der Waals surface area contributed by atoms with Crippen LogP contribution in [0, 0.1) is 5.92 Å². The molecule has 1 fully saturated rings. The Bertz CT molecular complexity index is 339. The fourth-order valence-corrected chi connectivity index (χ4v) is 1.87. The highest BCUT2D eigenvalue weighted by atomic mass is 35.5. The lowest BCUT2D eigenvalue weighted by Gasteiger charge is -2.31. The summed E-state index contributed by atoms with van der Waals surface area (Å²) in [6, 6.07) is 4.81. The number of phenols is 2. The molecule has 2 rings (SSSR count). The van der Waals surface area contributed by atoms with Crippen molar-refractivity contribution in [2.24, 2.45) is 11.7 Å². The molecule has 0 bridgehead atoms. The Hall–Kier alpha value is -0.930. The molecule has 1 aliphatic carbocycles. The lowest BCUT2D eigenvalue weighted by atomic mass is 9.77. The van der Waals surface area contributed by atoms with Gasteiger partial charge in [-0.05, 0) is 24.8 Å². The maximum Gasteiger partial charge on any atom is 0.162 e. The Morgan fingerprint density at radius 1 is 1.27 bits per heavy atom. The number of phenolic OH excluding ortho intramolecular Hbond substituents is 2. The summed E-state index contributed by atoms with van der Waals surface area (Å²) in [5.74, 6) is 0.312. The van der Waals surface area contributed by atoms with E-state index in [9.17, 15) is 10.2 Å². The summed E-state index contributed by atoms with van der Waals surface area (Å²) in [7, 11) is 0. The van der Waals surface area contributed by atoms with Crippen LogP contribution in [0.3, 0.4) is 0 Å². The fraction of sp³-hybridized carbons (Fsp3) is 0.455. The monoisotopic (exact) mass is 229 g/mol. The molecule has 4 heteroatoms. The van der Waals surface area contributed by atoms with Gasteiger partial charge in [-0.2, -0.15) is 0 Å². The van der Waals surface area contributed by atoms with Crippen LogP contribution >= 0.6 is 12.4 Å². The van der Waals surface area contributed by atoms with Gasteiger partial charge in [0.2, 0.25) is 0 Å². The van der Waals surface area contributed by atoms with Crippen LogP contribution in [0.4, 0.5) is 0 Å². The third-order valence-corrected chi connectivity index (χ3v) is 3.06. The third kappa shape index (κ3) is 2.19. The first-order valence-corrected chi connectivity index (χ1v) is 4.96. The van der Waals surface area contributed by atoms with Crippen molar-refractivity contribution in [3.63, 3.8) is 0 Å². The first kappa shape index (κ1) is 12.1. The number of aromatic hydroxyl groups is 2. The summed E-state index contributed by atoms with van der Waals surface area (Å²) >= 11 is 0. The van der Waals surface area contributed by atoms with Crippen LogP contribution in [0.2, 0.25) is 0 Å². The molecule has 3 nitrogen and oxygen atoms in total. The van der Waals surface area contributed by atoms with Crippen molar-refractivity contribution in [2.75, 3.05) is 0 Å². The van der Waals surface area contributed by atoms with E-state index in [4.69, 9.17) is 5.73 Å². The van der Waals surface area contributed by atoms with Gasteiger partial charge in [0.1, 0.15) is 0 Å². The standard InChI is InChI=1S/C11H15NO2.ClH/c12-10(7-3-1-4-7)8-5-2-6-9(13)11(8)14;/h2,5-7,10,13-14H,1,3-4,12H2;1H/t10-;/m0./s1. The lowest BCUT2D eigenvalue weighted by Crippen LogP contribution is -2.26. The number of hydrogen-bond donors (Lipinski definition) is 3. The molecule has 1 aromatic carbocycles. The van der Waals surface area contributed by atoms with Gasteiger partial charge in [-0.1, -0.05) is 18.6 Å². The minimum Gasteiger partial charge on any atom is -0.504 e. The number of rotatable bonds is 2. The second-order valence-electron chi connectivity index (χ2n) is 3.93. The second kappa shape index (κ2) is 4.73. The van der Waals surface area contributed by atoms with Crippen LogP contribution in [-0.4, -0.2) is 10.2 Å². The molecule has 4 N–H and O–H groups in total. The van der Waals surface area contributed by atoms with Crippen LogP contribution in [0.15, 0.2) is 18.2 Å². The van der Waals surface area contributed by atoms with Crippen molar-refractivity contribution in [3.8, 4) is 11.5 Å². The predicted molar refractivity (Wildman–Crippen MR) is 61.3 cm³/mol. The minimum absolute atomic E-state index is 0. The summed E-state index contributed by atoms with van der Waals surface area (Å²) in [5.41, 5.74) is 6.66. The molecular formula is C11H16ClNO2. The maximum absolute atomic E-state index is 9.61. The molecular weight excluding hydrogens is 214 g/mol. The molecule has 1 aliphatic rings. The van der Waals surface area contributed by atoms with Crippen molar-refractivity contribution in [2.45, 2.75) is 25.3 Å². The Labute approximate surface area is 95.3 Å². The van der Waals surface area contributed by atoms with Gasteiger partial charge in [-0.3, -0.25) is 0 Å². The average Bonchev–Trinajstić information content (AvgIpc) is 2.06. The molecule has 0 spiro atoms. The zero-order valence-corrected chi connectivity index (χ0v) is 9.20. The Morgan fingerprint density at radius 3 is 2.47 bits per heavy atom. The smallest absolute Gasteiger partial charge is 0.162 e. The van der Waals surface area contributed by atoms with Crippen molar-refractivity contribution >= 4 is 12.4 Å². The van der Waals surface area contributed by atoms with E-state index >= 15 is 0 Å². The van der Waals surface area contributed by atoms with Crippen molar-refractivity contribution in [1.82, 2.24) is 0 Å². The molecule has 0 amide bonds. The quantitative estimate of drug-likeness (QED) is 0.682. The highest BCUT2D eigenvalue weighted by Gasteiger charge is 2.27. The molecule has 0 unspecified atom stereocenters. The summed E-state index contributed by atoms with van der Waals surface area (Å²) in [6.07, 6.45) is 3.46. The molecule has 0 aromatic heterocycles. The first-order chi connectivity index (χ1) is 6.70. The third-order valence-electron chi connectivity index (χ3n) is 3.06. The van der Waals surface area contributed by atoms with Gasteiger partial charge in [0.05, 0.1) is 0 Å².